The highest BCUT2D eigenvalue weighted by Crippen LogP contribution is 2.29. The smallest absolute Gasteiger partial charge is 0.0514 e. The molecule has 0 bridgehead atoms. The fourth-order valence-electron chi connectivity index (χ4n) is 1.36. The molecular weight excluding hydrogens is 217 g/mol. The largest absolute Gasteiger partial charge is 0.350 e. The lowest BCUT2D eigenvalue weighted by atomic mass is 10.1. The molecule has 1 aromatic carbocycles. The molecule has 0 aliphatic carbocycles. The van der Waals surface area contributed by atoms with Crippen molar-refractivity contribution in [3.63, 3.8) is 0 Å². The van der Waals surface area contributed by atoms with Gasteiger partial charge in [0.15, 0.2) is 0 Å². The van der Waals surface area contributed by atoms with E-state index in [-0.39, 0.29) is 0 Å². The van der Waals surface area contributed by atoms with E-state index in [2.05, 4.69) is 6.07 Å². The second-order valence-corrected chi connectivity index (χ2v) is 3.90. The molecule has 14 heavy (non-hydrogen) atoms. The van der Waals surface area contributed by atoms with Crippen molar-refractivity contribution >= 4 is 23.2 Å². The van der Waals surface area contributed by atoms with Crippen LogP contribution in [-0.2, 0) is 7.05 Å². The lowest BCUT2D eigenvalue weighted by molar-refractivity contribution is 0.936. The highest BCUT2D eigenvalue weighted by molar-refractivity contribution is 6.36. The molecule has 0 fully saturated rings. The third-order valence-corrected chi connectivity index (χ3v) is 2.62. The van der Waals surface area contributed by atoms with Crippen LogP contribution in [0.1, 0.15) is 0 Å². The van der Waals surface area contributed by atoms with E-state index in [0.717, 1.165) is 11.3 Å². The number of aromatic nitrogens is 1. The summed E-state index contributed by atoms with van der Waals surface area (Å²) in [6.45, 7) is 0. The van der Waals surface area contributed by atoms with Gasteiger partial charge in [0.05, 0.1) is 5.02 Å². The maximum Gasteiger partial charge on any atom is 0.0514 e. The zero-order valence-corrected chi connectivity index (χ0v) is 9.10. The summed E-state index contributed by atoms with van der Waals surface area (Å²) in [5.74, 6) is 0. The lowest BCUT2D eigenvalue weighted by Crippen LogP contribution is -1.89. The average molecular weight is 225 g/mol. The maximum atomic E-state index is 6.08. The van der Waals surface area contributed by atoms with Gasteiger partial charge in [-0.3, -0.25) is 0 Å². The van der Waals surface area contributed by atoms with E-state index in [1.165, 1.54) is 0 Å². The van der Waals surface area contributed by atoms with Gasteiger partial charge in [-0.05, 0) is 24.3 Å². The van der Waals surface area contributed by atoms with Crippen molar-refractivity contribution in [1.29, 1.82) is 0 Å². The zero-order chi connectivity index (χ0) is 10.1. The zero-order valence-electron chi connectivity index (χ0n) is 7.59. The Morgan fingerprint density at radius 3 is 2.64 bits per heavy atom. The third kappa shape index (κ3) is 1.66. The first-order valence-electron chi connectivity index (χ1n) is 4.16. The third-order valence-electron chi connectivity index (χ3n) is 2.08. The van der Waals surface area contributed by atoms with Crippen molar-refractivity contribution in [1.82, 2.24) is 4.57 Å². The molecule has 1 radical (unpaired) electrons. The molecule has 1 aromatic heterocycles. The molecule has 3 heteroatoms. The van der Waals surface area contributed by atoms with Crippen molar-refractivity contribution < 1.29 is 0 Å². The molecule has 71 valence electrons. The van der Waals surface area contributed by atoms with Gasteiger partial charge in [-0.25, -0.2) is 0 Å². The number of benzene rings is 1. The van der Waals surface area contributed by atoms with Gasteiger partial charge in [0.2, 0.25) is 0 Å². The van der Waals surface area contributed by atoms with E-state index >= 15 is 0 Å². The van der Waals surface area contributed by atoms with Crippen molar-refractivity contribution in [2.75, 3.05) is 0 Å². The van der Waals surface area contributed by atoms with Crippen LogP contribution in [0.15, 0.2) is 30.5 Å². The van der Waals surface area contributed by atoms with Crippen molar-refractivity contribution in [3.05, 3.63) is 46.6 Å². The van der Waals surface area contributed by atoms with Crippen molar-refractivity contribution in [2.24, 2.45) is 7.05 Å². The normalized spacial score (nSPS) is 10.5. The van der Waals surface area contributed by atoms with Crippen LogP contribution in [-0.4, -0.2) is 4.57 Å². The second-order valence-electron chi connectivity index (χ2n) is 3.06. The Bertz CT molecular complexity index is 460. The molecule has 0 aliphatic heterocycles. The van der Waals surface area contributed by atoms with Gasteiger partial charge in [-0.1, -0.05) is 23.2 Å². The molecule has 2 aromatic rings. The van der Waals surface area contributed by atoms with Gasteiger partial charge < -0.3 is 4.57 Å². The Hall–Kier alpha value is -0.920. The standard InChI is InChI=1S/C11H8Cl2N/c1-14-6-2-3-11(14)9-5-4-8(12)7-10(9)13/h3-7H,1H3. The molecule has 0 saturated carbocycles. The molecule has 0 amide bonds. The Morgan fingerprint density at radius 2 is 2.07 bits per heavy atom. The first-order valence-corrected chi connectivity index (χ1v) is 4.92. The Kier molecular flexibility index (Phi) is 2.53. The molecular formula is C11H8Cl2N. The van der Waals surface area contributed by atoms with Gasteiger partial charge in [0.25, 0.3) is 0 Å². The van der Waals surface area contributed by atoms with Gasteiger partial charge in [0, 0.05) is 35.6 Å². The van der Waals surface area contributed by atoms with E-state index in [9.17, 15) is 0 Å². The molecule has 0 spiro atoms. The molecule has 0 unspecified atom stereocenters. The fraction of sp³-hybridized carbons (Fsp3) is 0.0909. The SMILES string of the molecule is Cn1c[c]cc1-c1ccc(Cl)cc1Cl. The Morgan fingerprint density at radius 1 is 1.29 bits per heavy atom. The first-order chi connectivity index (χ1) is 6.68. The van der Waals surface area contributed by atoms with E-state index in [1.54, 1.807) is 6.07 Å². The summed E-state index contributed by atoms with van der Waals surface area (Å²) >= 11 is 11.9. The fourth-order valence-corrected chi connectivity index (χ4v) is 1.87. The number of hydrogen-bond acceptors (Lipinski definition) is 0. The van der Waals surface area contributed by atoms with Crippen LogP contribution in [0.3, 0.4) is 0 Å². The molecule has 1 heterocycles. The number of nitrogens with zero attached hydrogens (tertiary/aromatic N) is 1. The minimum absolute atomic E-state index is 0.650. The van der Waals surface area contributed by atoms with Gasteiger partial charge >= 0.3 is 0 Å². The minimum Gasteiger partial charge on any atom is -0.350 e. The van der Waals surface area contributed by atoms with Gasteiger partial charge in [-0.2, -0.15) is 0 Å². The Labute approximate surface area is 92.9 Å². The second kappa shape index (κ2) is 3.68. The highest BCUT2D eigenvalue weighted by Gasteiger charge is 2.06. The summed E-state index contributed by atoms with van der Waals surface area (Å²) < 4.78 is 1.97. The predicted octanol–water partition coefficient (Wildman–Crippen LogP) is 3.80. The number of halogens is 2. The van der Waals surface area contributed by atoms with Crippen LogP contribution < -0.4 is 0 Å². The van der Waals surface area contributed by atoms with E-state index in [0.29, 0.717) is 10.0 Å². The van der Waals surface area contributed by atoms with Crippen LogP contribution in [0.5, 0.6) is 0 Å². The van der Waals surface area contributed by atoms with Crippen LogP contribution in [0.2, 0.25) is 10.0 Å². The number of aryl methyl sites for hydroxylation is 1. The molecule has 0 aliphatic rings. The van der Waals surface area contributed by atoms with E-state index in [4.69, 9.17) is 23.2 Å². The van der Waals surface area contributed by atoms with E-state index in [1.807, 2.05) is 36.0 Å². The monoisotopic (exact) mass is 224 g/mol. The highest BCUT2D eigenvalue weighted by atomic mass is 35.5. The molecule has 2 rings (SSSR count). The summed E-state index contributed by atoms with van der Waals surface area (Å²) in [6, 6.07) is 10.4. The van der Waals surface area contributed by atoms with Gasteiger partial charge in [0.1, 0.15) is 0 Å². The van der Waals surface area contributed by atoms with Crippen LogP contribution in [0, 0.1) is 6.07 Å². The lowest BCUT2D eigenvalue weighted by Gasteiger charge is -2.05. The summed E-state index contributed by atoms with van der Waals surface area (Å²) in [4.78, 5) is 0. The summed E-state index contributed by atoms with van der Waals surface area (Å²) in [6.07, 6.45) is 1.86. The van der Waals surface area contributed by atoms with Crippen molar-refractivity contribution in [2.45, 2.75) is 0 Å². The van der Waals surface area contributed by atoms with Crippen molar-refractivity contribution in [3.8, 4) is 11.3 Å². The Balaban J connectivity index is 2.58. The predicted molar refractivity (Wildman–Crippen MR) is 59.7 cm³/mol. The number of hydrogen-bond donors (Lipinski definition) is 0. The molecule has 1 nitrogen and oxygen atoms in total. The minimum atomic E-state index is 0.650. The summed E-state index contributed by atoms with van der Waals surface area (Å²) in [7, 11) is 1.96. The van der Waals surface area contributed by atoms with Crippen LogP contribution >= 0.6 is 23.2 Å². The van der Waals surface area contributed by atoms with E-state index < -0.39 is 0 Å². The average Bonchev–Trinajstić information content (AvgIpc) is 2.52. The molecule has 0 N–H and O–H groups in total. The van der Waals surface area contributed by atoms with Crippen LogP contribution in [0.25, 0.3) is 11.3 Å². The van der Waals surface area contributed by atoms with Gasteiger partial charge in [-0.15, -0.1) is 0 Å². The summed E-state index contributed by atoms with van der Waals surface area (Å²) in [5.41, 5.74) is 2.01. The molecule has 0 atom stereocenters. The van der Waals surface area contributed by atoms with Crippen LogP contribution in [0.4, 0.5) is 0 Å². The topological polar surface area (TPSA) is 4.93 Å². The first kappa shape index (κ1) is 9.63. The quantitative estimate of drug-likeness (QED) is 0.695. The summed E-state index contributed by atoms with van der Waals surface area (Å²) in [5, 5.41) is 1.31. The maximum absolute atomic E-state index is 6.08. The molecule has 0 saturated heterocycles. The number of rotatable bonds is 1.